The predicted octanol–water partition coefficient (Wildman–Crippen LogP) is 3.86. The molecule has 0 unspecified atom stereocenters. The smallest absolute Gasteiger partial charge is 0.222 e. The van der Waals surface area contributed by atoms with Crippen molar-refractivity contribution in [2.75, 3.05) is 17.7 Å². The standard InChI is InChI=1S/C18H23ClN4O2/c19-13-4-6-15(7-5-13)25-16-11-21-18(20)23-17(16)22-14-3-1-2-12(10-14)8-9-24/h4-7,11-12,14,24H,1-3,8-10H2,(H3,20,21,22,23)/t12-,14-/m0/s1. The van der Waals surface area contributed by atoms with Gasteiger partial charge >= 0.3 is 0 Å². The number of halogens is 1. The van der Waals surface area contributed by atoms with Gasteiger partial charge in [-0.25, -0.2) is 4.98 Å². The summed E-state index contributed by atoms with van der Waals surface area (Å²) in [6, 6.07) is 7.40. The number of aliphatic hydroxyl groups excluding tert-OH is 1. The number of aliphatic hydroxyl groups is 1. The maximum atomic E-state index is 9.17. The fourth-order valence-electron chi connectivity index (χ4n) is 3.25. The van der Waals surface area contributed by atoms with Crippen molar-refractivity contribution in [3.05, 3.63) is 35.5 Å². The molecule has 0 saturated heterocycles. The quantitative estimate of drug-likeness (QED) is 0.722. The Labute approximate surface area is 152 Å². The van der Waals surface area contributed by atoms with Crippen LogP contribution in [0.15, 0.2) is 30.5 Å². The molecule has 0 spiro atoms. The summed E-state index contributed by atoms with van der Waals surface area (Å²) in [5.41, 5.74) is 5.75. The van der Waals surface area contributed by atoms with E-state index in [1.54, 1.807) is 30.5 Å². The summed E-state index contributed by atoms with van der Waals surface area (Å²) in [7, 11) is 0. The highest BCUT2D eigenvalue weighted by Gasteiger charge is 2.23. The van der Waals surface area contributed by atoms with Crippen molar-refractivity contribution in [2.24, 2.45) is 5.92 Å². The van der Waals surface area contributed by atoms with Gasteiger partial charge in [0.25, 0.3) is 0 Å². The number of hydrogen-bond donors (Lipinski definition) is 3. The summed E-state index contributed by atoms with van der Waals surface area (Å²) in [6.45, 7) is 0.239. The first kappa shape index (κ1) is 17.8. The Hall–Kier alpha value is -2.05. The van der Waals surface area contributed by atoms with Crippen molar-refractivity contribution in [3.8, 4) is 11.5 Å². The number of hydrogen-bond acceptors (Lipinski definition) is 6. The Morgan fingerprint density at radius 1 is 1.28 bits per heavy atom. The van der Waals surface area contributed by atoms with Crippen LogP contribution in [0, 0.1) is 5.92 Å². The lowest BCUT2D eigenvalue weighted by atomic mass is 9.84. The zero-order valence-corrected chi connectivity index (χ0v) is 14.7. The van der Waals surface area contributed by atoms with Crippen molar-refractivity contribution in [3.63, 3.8) is 0 Å². The van der Waals surface area contributed by atoms with E-state index in [1.165, 1.54) is 6.42 Å². The van der Waals surface area contributed by atoms with E-state index in [2.05, 4.69) is 15.3 Å². The third-order valence-corrected chi connectivity index (χ3v) is 4.73. The molecule has 0 bridgehead atoms. The van der Waals surface area contributed by atoms with E-state index in [4.69, 9.17) is 22.1 Å². The van der Waals surface area contributed by atoms with E-state index in [1.807, 2.05) is 0 Å². The van der Waals surface area contributed by atoms with Crippen LogP contribution < -0.4 is 15.8 Å². The number of rotatable bonds is 6. The summed E-state index contributed by atoms with van der Waals surface area (Å²) in [5, 5.41) is 13.3. The van der Waals surface area contributed by atoms with Crippen LogP contribution in [0.3, 0.4) is 0 Å². The molecule has 7 heteroatoms. The van der Waals surface area contributed by atoms with Crippen molar-refractivity contribution in [2.45, 2.75) is 38.1 Å². The minimum atomic E-state index is 0.202. The normalized spacial score (nSPS) is 20.2. The SMILES string of the molecule is Nc1ncc(Oc2ccc(Cl)cc2)c(N[C@H]2CCC[C@@H](CCO)C2)n1. The van der Waals surface area contributed by atoms with Gasteiger partial charge in [0.1, 0.15) is 5.75 Å². The van der Waals surface area contributed by atoms with Gasteiger partial charge in [-0.1, -0.05) is 24.4 Å². The van der Waals surface area contributed by atoms with Crippen molar-refractivity contribution < 1.29 is 9.84 Å². The first-order chi connectivity index (χ1) is 12.1. The number of benzene rings is 1. The summed E-state index contributed by atoms with van der Waals surface area (Å²) < 4.78 is 5.89. The molecule has 25 heavy (non-hydrogen) atoms. The molecule has 134 valence electrons. The molecular weight excluding hydrogens is 340 g/mol. The molecule has 0 amide bonds. The van der Waals surface area contributed by atoms with Crippen molar-refractivity contribution in [1.82, 2.24) is 9.97 Å². The number of anilines is 2. The Morgan fingerprint density at radius 2 is 2.08 bits per heavy atom. The second-order valence-electron chi connectivity index (χ2n) is 6.38. The van der Waals surface area contributed by atoms with Gasteiger partial charge in [-0.15, -0.1) is 0 Å². The van der Waals surface area contributed by atoms with Gasteiger partial charge in [-0.3, -0.25) is 0 Å². The fourth-order valence-corrected chi connectivity index (χ4v) is 3.38. The zero-order valence-electron chi connectivity index (χ0n) is 14.0. The minimum absolute atomic E-state index is 0.202. The molecule has 1 aliphatic carbocycles. The maximum absolute atomic E-state index is 9.17. The molecule has 1 aromatic carbocycles. The van der Waals surface area contributed by atoms with Gasteiger partial charge in [-0.05, 0) is 49.4 Å². The van der Waals surface area contributed by atoms with Gasteiger partial charge in [0.05, 0.1) is 6.20 Å². The fraction of sp³-hybridized carbons (Fsp3) is 0.444. The molecule has 4 N–H and O–H groups in total. The molecule has 1 fully saturated rings. The number of ether oxygens (including phenoxy) is 1. The van der Waals surface area contributed by atoms with Gasteiger partial charge in [0.2, 0.25) is 5.95 Å². The second-order valence-corrected chi connectivity index (χ2v) is 6.82. The largest absolute Gasteiger partial charge is 0.452 e. The second kappa shape index (κ2) is 8.36. The van der Waals surface area contributed by atoms with Crippen LogP contribution in [0.1, 0.15) is 32.1 Å². The van der Waals surface area contributed by atoms with Crippen LogP contribution in [0.25, 0.3) is 0 Å². The number of nitrogen functional groups attached to an aromatic ring is 1. The van der Waals surface area contributed by atoms with Gasteiger partial charge < -0.3 is 20.9 Å². The van der Waals surface area contributed by atoms with Crippen molar-refractivity contribution in [1.29, 1.82) is 0 Å². The third kappa shape index (κ3) is 4.96. The molecular formula is C18H23ClN4O2. The van der Waals surface area contributed by atoms with E-state index in [0.717, 1.165) is 25.7 Å². The molecule has 2 atom stereocenters. The van der Waals surface area contributed by atoms with Crippen LogP contribution in [0.2, 0.25) is 5.02 Å². The number of nitrogens with one attached hydrogen (secondary N) is 1. The Bertz CT molecular complexity index is 694. The molecule has 2 aromatic rings. The summed E-state index contributed by atoms with van der Waals surface area (Å²) >= 11 is 5.91. The van der Waals surface area contributed by atoms with Crippen LogP contribution in [0.5, 0.6) is 11.5 Å². The zero-order chi connectivity index (χ0) is 17.6. The minimum Gasteiger partial charge on any atom is -0.452 e. The summed E-state index contributed by atoms with van der Waals surface area (Å²) in [6.07, 6.45) is 6.79. The van der Waals surface area contributed by atoms with Gasteiger partial charge in [0.15, 0.2) is 11.6 Å². The molecule has 0 radical (unpaired) electrons. The first-order valence-corrected chi connectivity index (χ1v) is 8.95. The van der Waals surface area contributed by atoms with E-state index in [0.29, 0.717) is 28.3 Å². The Balaban J connectivity index is 1.73. The van der Waals surface area contributed by atoms with E-state index in [9.17, 15) is 5.11 Å². The molecule has 0 aliphatic heterocycles. The lowest BCUT2D eigenvalue weighted by molar-refractivity contribution is 0.224. The summed E-state index contributed by atoms with van der Waals surface area (Å²) in [5.74, 6) is 2.52. The number of nitrogens with two attached hydrogens (primary N) is 1. The van der Waals surface area contributed by atoms with Crippen LogP contribution >= 0.6 is 11.6 Å². The van der Waals surface area contributed by atoms with Crippen LogP contribution in [-0.4, -0.2) is 27.7 Å². The maximum Gasteiger partial charge on any atom is 0.222 e. The highest BCUT2D eigenvalue weighted by molar-refractivity contribution is 6.30. The molecule has 6 nitrogen and oxygen atoms in total. The van der Waals surface area contributed by atoms with Crippen molar-refractivity contribution >= 4 is 23.4 Å². The van der Waals surface area contributed by atoms with Crippen LogP contribution in [0.4, 0.5) is 11.8 Å². The average molecular weight is 363 g/mol. The lowest BCUT2D eigenvalue weighted by Crippen LogP contribution is -2.28. The Kier molecular flexibility index (Phi) is 5.94. The predicted molar refractivity (Wildman–Crippen MR) is 99.0 cm³/mol. The van der Waals surface area contributed by atoms with E-state index < -0.39 is 0 Å². The molecule has 1 saturated carbocycles. The molecule has 1 aromatic heterocycles. The molecule has 1 heterocycles. The Morgan fingerprint density at radius 3 is 2.84 bits per heavy atom. The summed E-state index contributed by atoms with van der Waals surface area (Å²) in [4.78, 5) is 8.34. The highest BCUT2D eigenvalue weighted by atomic mass is 35.5. The lowest BCUT2D eigenvalue weighted by Gasteiger charge is -2.30. The molecule has 3 rings (SSSR count). The highest BCUT2D eigenvalue weighted by Crippen LogP contribution is 2.33. The van der Waals surface area contributed by atoms with E-state index >= 15 is 0 Å². The van der Waals surface area contributed by atoms with Gasteiger partial charge in [-0.2, -0.15) is 4.98 Å². The van der Waals surface area contributed by atoms with Crippen LogP contribution in [-0.2, 0) is 0 Å². The average Bonchev–Trinajstić information content (AvgIpc) is 2.60. The number of aromatic nitrogens is 2. The van der Waals surface area contributed by atoms with E-state index in [-0.39, 0.29) is 18.6 Å². The number of nitrogens with zero attached hydrogens (tertiary/aromatic N) is 2. The first-order valence-electron chi connectivity index (χ1n) is 8.57. The monoisotopic (exact) mass is 362 g/mol. The van der Waals surface area contributed by atoms with Gasteiger partial charge in [0, 0.05) is 17.7 Å². The topological polar surface area (TPSA) is 93.3 Å². The third-order valence-electron chi connectivity index (χ3n) is 4.48. The molecule has 1 aliphatic rings.